The van der Waals surface area contributed by atoms with Crippen molar-refractivity contribution in [3.63, 3.8) is 0 Å². The van der Waals surface area contributed by atoms with Crippen molar-refractivity contribution in [1.29, 1.82) is 0 Å². The number of hydrogen-bond donors (Lipinski definition) is 0. The van der Waals surface area contributed by atoms with E-state index < -0.39 is 5.97 Å². The Bertz CT molecular complexity index is 1300. The number of thiazole rings is 1. The minimum Gasteiger partial charge on any atom is -0.497 e. The van der Waals surface area contributed by atoms with Crippen molar-refractivity contribution >= 4 is 28.2 Å². The Kier molecular flexibility index (Phi) is 6.74. The number of benzene rings is 2. The molecule has 0 aliphatic carbocycles. The summed E-state index contributed by atoms with van der Waals surface area (Å²) >= 11 is 1.47. The van der Waals surface area contributed by atoms with Crippen molar-refractivity contribution in [3.8, 4) is 27.8 Å². The summed E-state index contributed by atoms with van der Waals surface area (Å²) in [5.74, 6) is 1.62. The molecule has 0 aliphatic rings. The van der Waals surface area contributed by atoms with Crippen LogP contribution in [0.4, 0.5) is 0 Å². The summed E-state index contributed by atoms with van der Waals surface area (Å²) in [6.45, 7) is 4.34. The molecule has 0 saturated heterocycles. The second kappa shape index (κ2) is 9.87. The van der Waals surface area contributed by atoms with Gasteiger partial charge in [-0.1, -0.05) is 0 Å². The first kappa shape index (κ1) is 22.5. The molecule has 0 N–H and O–H groups in total. The zero-order valence-corrected chi connectivity index (χ0v) is 19.7. The molecule has 170 valence electrons. The molecule has 2 aromatic heterocycles. The van der Waals surface area contributed by atoms with Crippen LogP contribution in [0.5, 0.6) is 17.2 Å². The minimum atomic E-state index is -0.435. The van der Waals surface area contributed by atoms with E-state index in [0.29, 0.717) is 40.8 Å². The quantitative estimate of drug-likeness (QED) is 0.321. The Morgan fingerprint density at radius 1 is 1.00 bits per heavy atom. The maximum absolute atomic E-state index is 12.7. The lowest BCUT2D eigenvalue weighted by atomic mass is 10.1. The number of methoxy groups -OCH3 is 2. The van der Waals surface area contributed by atoms with E-state index in [-0.39, 0.29) is 6.61 Å². The largest absolute Gasteiger partial charge is 0.497 e. The number of carbonyl (C=O) groups excluding carboxylic acids is 1. The SMILES string of the molecule is CCOc1ccc(-c2nc(COC(=O)c3cc4ccc(OC)cc4nc3C)cs2)cc1OC. The summed E-state index contributed by atoms with van der Waals surface area (Å²) in [6, 6.07) is 13.0. The normalized spacial score (nSPS) is 10.8. The van der Waals surface area contributed by atoms with Crippen LogP contribution >= 0.6 is 11.3 Å². The van der Waals surface area contributed by atoms with Crippen molar-refractivity contribution in [1.82, 2.24) is 9.97 Å². The van der Waals surface area contributed by atoms with Gasteiger partial charge in [0.15, 0.2) is 11.5 Å². The van der Waals surface area contributed by atoms with E-state index >= 15 is 0 Å². The highest BCUT2D eigenvalue weighted by molar-refractivity contribution is 7.13. The summed E-state index contributed by atoms with van der Waals surface area (Å²) in [5, 5.41) is 3.53. The fraction of sp³-hybridized carbons (Fsp3) is 0.240. The summed E-state index contributed by atoms with van der Waals surface area (Å²) in [4.78, 5) is 21.9. The molecule has 0 aliphatic heterocycles. The number of aromatic nitrogens is 2. The van der Waals surface area contributed by atoms with Gasteiger partial charge in [-0.15, -0.1) is 11.3 Å². The van der Waals surface area contributed by atoms with Crippen LogP contribution in [-0.2, 0) is 11.3 Å². The van der Waals surface area contributed by atoms with Gasteiger partial charge in [0.05, 0.1) is 43.3 Å². The van der Waals surface area contributed by atoms with Crippen LogP contribution in [0.25, 0.3) is 21.5 Å². The average molecular weight is 465 g/mol. The molecule has 0 fully saturated rings. The molecule has 4 aromatic rings. The summed E-state index contributed by atoms with van der Waals surface area (Å²) in [6.07, 6.45) is 0. The number of esters is 1. The Hall–Kier alpha value is -3.65. The molecule has 0 amide bonds. The first-order valence-corrected chi connectivity index (χ1v) is 11.3. The van der Waals surface area contributed by atoms with Crippen LogP contribution in [0, 0.1) is 6.92 Å². The molecular weight excluding hydrogens is 440 g/mol. The van der Waals surface area contributed by atoms with Crippen LogP contribution in [0.3, 0.4) is 0 Å². The predicted molar refractivity (Wildman–Crippen MR) is 127 cm³/mol. The van der Waals surface area contributed by atoms with Gasteiger partial charge in [0.1, 0.15) is 17.4 Å². The van der Waals surface area contributed by atoms with Crippen LogP contribution in [0.1, 0.15) is 28.7 Å². The third-order valence-corrected chi connectivity index (χ3v) is 5.99. The molecule has 33 heavy (non-hydrogen) atoms. The number of rotatable bonds is 8. The number of aryl methyl sites for hydroxylation is 1. The topological polar surface area (TPSA) is 79.8 Å². The third kappa shape index (κ3) is 4.90. The first-order valence-electron chi connectivity index (χ1n) is 10.4. The lowest BCUT2D eigenvalue weighted by molar-refractivity contribution is 0.0467. The van der Waals surface area contributed by atoms with Crippen molar-refractivity contribution in [2.24, 2.45) is 0 Å². The Labute approximate surface area is 195 Å². The number of ether oxygens (including phenoxy) is 4. The molecule has 0 radical (unpaired) electrons. The highest BCUT2D eigenvalue weighted by atomic mass is 32.1. The van der Waals surface area contributed by atoms with Crippen LogP contribution in [0.15, 0.2) is 47.8 Å². The number of hydrogen-bond acceptors (Lipinski definition) is 8. The fourth-order valence-electron chi connectivity index (χ4n) is 3.38. The maximum atomic E-state index is 12.7. The molecule has 0 unspecified atom stereocenters. The Morgan fingerprint density at radius 2 is 1.85 bits per heavy atom. The van der Waals surface area contributed by atoms with Gasteiger partial charge in [-0.25, -0.2) is 9.78 Å². The zero-order valence-electron chi connectivity index (χ0n) is 18.9. The summed E-state index contributed by atoms with van der Waals surface area (Å²) in [5.41, 5.74) is 3.37. The van der Waals surface area contributed by atoms with Crippen molar-refractivity contribution < 1.29 is 23.7 Å². The molecular formula is C25H24N2O5S. The number of pyridine rings is 1. The average Bonchev–Trinajstić information content (AvgIpc) is 3.31. The Morgan fingerprint density at radius 3 is 2.61 bits per heavy atom. The highest BCUT2D eigenvalue weighted by Gasteiger charge is 2.15. The van der Waals surface area contributed by atoms with Gasteiger partial charge in [-0.2, -0.15) is 0 Å². The van der Waals surface area contributed by atoms with Crippen LogP contribution in [0.2, 0.25) is 0 Å². The molecule has 0 spiro atoms. The van der Waals surface area contributed by atoms with Gasteiger partial charge in [-0.05, 0) is 50.2 Å². The van der Waals surface area contributed by atoms with Gasteiger partial charge in [0.2, 0.25) is 0 Å². The maximum Gasteiger partial charge on any atom is 0.340 e. The van der Waals surface area contributed by atoms with Crippen molar-refractivity contribution in [2.75, 3.05) is 20.8 Å². The Balaban J connectivity index is 1.47. The van der Waals surface area contributed by atoms with E-state index in [4.69, 9.17) is 18.9 Å². The molecule has 0 atom stereocenters. The lowest BCUT2D eigenvalue weighted by Crippen LogP contribution is -2.08. The molecule has 7 nitrogen and oxygen atoms in total. The van der Waals surface area contributed by atoms with E-state index in [0.717, 1.165) is 21.5 Å². The van der Waals surface area contributed by atoms with Gasteiger partial charge < -0.3 is 18.9 Å². The third-order valence-electron chi connectivity index (χ3n) is 5.05. The van der Waals surface area contributed by atoms with Gasteiger partial charge in [0.25, 0.3) is 0 Å². The predicted octanol–water partition coefficient (Wildman–Crippen LogP) is 5.44. The van der Waals surface area contributed by atoms with Gasteiger partial charge in [0, 0.05) is 22.4 Å². The molecule has 8 heteroatoms. The van der Waals surface area contributed by atoms with E-state index in [2.05, 4.69) is 9.97 Å². The number of fused-ring (bicyclic) bond motifs is 1. The first-order chi connectivity index (χ1) is 16.0. The highest BCUT2D eigenvalue weighted by Crippen LogP contribution is 2.34. The standard InChI is InChI=1S/C25H24N2O5S/c1-5-31-22-9-7-17(11-23(22)30-4)24-27-18(14-33-24)13-32-25(28)20-10-16-6-8-19(29-3)12-21(16)26-15(20)2/h6-12,14H,5,13H2,1-4H3. The summed E-state index contributed by atoms with van der Waals surface area (Å²) in [7, 11) is 3.21. The second-order valence-corrected chi connectivity index (χ2v) is 8.06. The van der Waals surface area contributed by atoms with Gasteiger partial charge in [-0.3, -0.25) is 4.98 Å². The van der Waals surface area contributed by atoms with Crippen LogP contribution < -0.4 is 14.2 Å². The monoisotopic (exact) mass is 464 g/mol. The lowest BCUT2D eigenvalue weighted by Gasteiger charge is -2.10. The van der Waals surface area contributed by atoms with E-state index in [1.165, 1.54) is 11.3 Å². The fourth-order valence-corrected chi connectivity index (χ4v) is 4.18. The second-order valence-electron chi connectivity index (χ2n) is 7.20. The number of nitrogens with zero attached hydrogens (tertiary/aromatic N) is 2. The molecule has 4 rings (SSSR count). The molecule has 2 aromatic carbocycles. The smallest absolute Gasteiger partial charge is 0.340 e. The van der Waals surface area contributed by atoms with E-state index in [1.807, 2.05) is 48.7 Å². The van der Waals surface area contributed by atoms with Crippen LogP contribution in [-0.4, -0.2) is 36.8 Å². The molecule has 2 heterocycles. The van der Waals surface area contributed by atoms with Crippen molar-refractivity contribution in [3.05, 3.63) is 64.8 Å². The van der Waals surface area contributed by atoms with Crippen molar-refractivity contribution in [2.45, 2.75) is 20.5 Å². The molecule has 0 saturated carbocycles. The van der Waals surface area contributed by atoms with Gasteiger partial charge >= 0.3 is 5.97 Å². The molecule has 0 bridgehead atoms. The van der Waals surface area contributed by atoms with E-state index in [9.17, 15) is 4.79 Å². The summed E-state index contributed by atoms with van der Waals surface area (Å²) < 4.78 is 21.8. The number of carbonyl (C=O) groups is 1. The zero-order chi connectivity index (χ0) is 23.4. The minimum absolute atomic E-state index is 0.0730. The van der Waals surface area contributed by atoms with E-state index in [1.54, 1.807) is 27.2 Å².